The topological polar surface area (TPSA) is 65.8 Å². The van der Waals surface area contributed by atoms with Crippen LogP contribution in [0.4, 0.5) is 5.82 Å². The summed E-state index contributed by atoms with van der Waals surface area (Å²) in [4.78, 5) is 5.91. The predicted molar refractivity (Wildman–Crippen MR) is 66.3 cm³/mol. The molecule has 0 bridgehead atoms. The molecule has 1 atom stereocenters. The molecular weight excluding hydrogens is 244 g/mol. The second kappa shape index (κ2) is 6.76. The van der Waals surface area contributed by atoms with E-state index in [1.165, 1.54) is 13.3 Å². The minimum Gasteiger partial charge on any atom is -0.392 e. The maximum atomic E-state index is 9.59. The van der Waals surface area contributed by atoms with Gasteiger partial charge in [-0.1, -0.05) is 11.6 Å². The molecule has 0 aliphatic carbocycles. The Kier molecular flexibility index (Phi) is 5.64. The molecule has 2 N–H and O–H groups in total. The van der Waals surface area contributed by atoms with Crippen LogP contribution in [-0.2, 0) is 11.3 Å². The van der Waals surface area contributed by atoms with Gasteiger partial charge in [-0.05, 0) is 6.07 Å². The fraction of sp³-hybridized carbons (Fsp3) is 0.545. The molecule has 96 valence electrons. The number of hydrogen-bond donors (Lipinski definition) is 2. The lowest BCUT2D eigenvalue weighted by Crippen LogP contribution is -2.32. The van der Waals surface area contributed by atoms with Crippen LogP contribution in [0.5, 0.6) is 0 Å². The van der Waals surface area contributed by atoms with E-state index in [1.807, 2.05) is 0 Å². The van der Waals surface area contributed by atoms with E-state index >= 15 is 0 Å². The first kappa shape index (κ1) is 14.2. The number of aliphatic hydroxyl groups is 2. The highest BCUT2D eigenvalue weighted by Gasteiger charge is 2.11. The number of anilines is 1. The summed E-state index contributed by atoms with van der Waals surface area (Å²) in [5, 5.41) is 19.1. The second-order valence-electron chi connectivity index (χ2n) is 3.78. The summed E-state index contributed by atoms with van der Waals surface area (Å²) >= 11 is 5.85. The largest absolute Gasteiger partial charge is 0.392 e. The van der Waals surface area contributed by atoms with Crippen LogP contribution in [-0.4, -0.2) is 48.6 Å². The normalized spacial score (nSPS) is 12.5. The summed E-state index contributed by atoms with van der Waals surface area (Å²) < 4.78 is 4.85. The van der Waals surface area contributed by atoms with Gasteiger partial charge in [-0.2, -0.15) is 0 Å². The number of pyridine rings is 1. The van der Waals surface area contributed by atoms with Gasteiger partial charge >= 0.3 is 0 Å². The molecule has 0 aromatic carbocycles. The number of aliphatic hydroxyl groups excluding tert-OH is 2. The molecule has 17 heavy (non-hydrogen) atoms. The van der Waals surface area contributed by atoms with Gasteiger partial charge in [-0.25, -0.2) is 4.98 Å². The van der Waals surface area contributed by atoms with Crippen molar-refractivity contribution in [1.82, 2.24) is 4.98 Å². The van der Waals surface area contributed by atoms with E-state index in [2.05, 4.69) is 4.98 Å². The average Bonchev–Trinajstić information content (AvgIpc) is 2.29. The maximum absolute atomic E-state index is 9.59. The van der Waals surface area contributed by atoms with Crippen LogP contribution < -0.4 is 4.90 Å². The molecule has 5 nitrogen and oxygen atoms in total. The summed E-state index contributed by atoms with van der Waals surface area (Å²) in [5.74, 6) is 0.647. The summed E-state index contributed by atoms with van der Waals surface area (Å²) in [6.07, 6.45) is 0.904. The van der Waals surface area contributed by atoms with Crippen molar-refractivity contribution in [3.8, 4) is 0 Å². The predicted octanol–water partition coefficient (Wildman–Crippen LogP) is 0.671. The van der Waals surface area contributed by atoms with Crippen LogP contribution in [0.3, 0.4) is 0 Å². The Hall–Kier alpha value is -0.880. The zero-order chi connectivity index (χ0) is 12.8. The zero-order valence-electron chi connectivity index (χ0n) is 9.93. The molecule has 1 aromatic rings. The van der Waals surface area contributed by atoms with Gasteiger partial charge in [0.25, 0.3) is 0 Å². The lowest BCUT2D eigenvalue weighted by Gasteiger charge is -2.21. The molecule has 6 heteroatoms. The van der Waals surface area contributed by atoms with E-state index in [1.54, 1.807) is 18.0 Å². The van der Waals surface area contributed by atoms with Crippen molar-refractivity contribution in [3.05, 3.63) is 22.8 Å². The van der Waals surface area contributed by atoms with Crippen molar-refractivity contribution < 1.29 is 14.9 Å². The van der Waals surface area contributed by atoms with E-state index in [0.717, 1.165) is 0 Å². The number of halogens is 1. The highest BCUT2D eigenvalue weighted by atomic mass is 35.5. The van der Waals surface area contributed by atoms with Crippen LogP contribution in [0.15, 0.2) is 12.3 Å². The minimum atomic E-state index is -0.583. The third-order valence-corrected chi connectivity index (χ3v) is 2.67. The molecule has 0 saturated heterocycles. The number of nitrogens with zero attached hydrogens (tertiary/aromatic N) is 2. The number of rotatable bonds is 6. The van der Waals surface area contributed by atoms with Gasteiger partial charge in [-0.15, -0.1) is 0 Å². The van der Waals surface area contributed by atoms with Gasteiger partial charge in [-0.3, -0.25) is 0 Å². The van der Waals surface area contributed by atoms with Crippen LogP contribution in [0.1, 0.15) is 5.56 Å². The quantitative estimate of drug-likeness (QED) is 0.787. The summed E-state index contributed by atoms with van der Waals surface area (Å²) in [6, 6.07) is 1.70. The van der Waals surface area contributed by atoms with E-state index in [4.69, 9.17) is 21.4 Å². The van der Waals surface area contributed by atoms with Gasteiger partial charge in [0.2, 0.25) is 0 Å². The van der Waals surface area contributed by atoms with Crippen molar-refractivity contribution in [2.24, 2.45) is 0 Å². The lowest BCUT2D eigenvalue weighted by atomic mass is 10.2. The van der Waals surface area contributed by atoms with Gasteiger partial charge in [0.1, 0.15) is 5.82 Å². The molecule has 0 fully saturated rings. The first-order valence-electron chi connectivity index (χ1n) is 5.22. The molecule has 1 heterocycles. The lowest BCUT2D eigenvalue weighted by molar-refractivity contribution is 0.0694. The van der Waals surface area contributed by atoms with E-state index in [-0.39, 0.29) is 13.2 Å². The molecule has 0 aliphatic rings. The minimum absolute atomic E-state index is 0.136. The smallest absolute Gasteiger partial charge is 0.128 e. The van der Waals surface area contributed by atoms with Crippen LogP contribution >= 0.6 is 11.6 Å². The third-order valence-electron chi connectivity index (χ3n) is 2.33. The van der Waals surface area contributed by atoms with Crippen molar-refractivity contribution in [2.75, 3.05) is 32.2 Å². The van der Waals surface area contributed by atoms with Crippen molar-refractivity contribution >= 4 is 17.4 Å². The summed E-state index contributed by atoms with van der Waals surface area (Å²) in [6.45, 7) is 0.529. The van der Waals surface area contributed by atoms with Gasteiger partial charge < -0.3 is 19.8 Å². The molecule has 0 radical (unpaired) electrons. The molecule has 1 unspecified atom stereocenters. The van der Waals surface area contributed by atoms with E-state index in [9.17, 15) is 5.11 Å². The fourth-order valence-electron chi connectivity index (χ4n) is 1.45. The third kappa shape index (κ3) is 4.12. The van der Waals surface area contributed by atoms with Crippen molar-refractivity contribution in [3.63, 3.8) is 0 Å². The Morgan fingerprint density at radius 1 is 1.59 bits per heavy atom. The van der Waals surface area contributed by atoms with Crippen molar-refractivity contribution in [2.45, 2.75) is 12.7 Å². The highest BCUT2D eigenvalue weighted by Crippen LogP contribution is 2.19. The Morgan fingerprint density at radius 2 is 2.29 bits per heavy atom. The standard InChI is InChI=1S/C11H17ClN2O3/c1-14(5-9(16)7-17-2)11-3-8(6-15)10(12)4-13-11/h3-4,9,15-16H,5-7H2,1-2H3. The first-order chi connectivity index (χ1) is 8.08. The first-order valence-corrected chi connectivity index (χ1v) is 5.59. The second-order valence-corrected chi connectivity index (χ2v) is 4.19. The molecule has 1 rings (SSSR count). The number of methoxy groups -OCH3 is 1. The zero-order valence-corrected chi connectivity index (χ0v) is 10.7. The van der Waals surface area contributed by atoms with Crippen LogP contribution in [0, 0.1) is 0 Å². The Balaban J connectivity index is 2.71. The van der Waals surface area contributed by atoms with Gasteiger partial charge in [0.05, 0.1) is 24.3 Å². The average molecular weight is 261 g/mol. The SMILES string of the molecule is COCC(O)CN(C)c1cc(CO)c(Cl)cn1. The Labute approximate surface area is 106 Å². The van der Waals surface area contributed by atoms with E-state index < -0.39 is 6.10 Å². The molecule has 0 amide bonds. The highest BCUT2D eigenvalue weighted by molar-refractivity contribution is 6.31. The number of hydrogen-bond acceptors (Lipinski definition) is 5. The van der Waals surface area contributed by atoms with Crippen LogP contribution in [0.25, 0.3) is 0 Å². The summed E-state index contributed by atoms with van der Waals surface area (Å²) in [5.41, 5.74) is 0.616. The van der Waals surface area contributed by atoms with Gasteiger partial charge in [0, 0.05) is 32.5 Å². The molecule has 0 aliphatic heterocycles. The number of ether oxygens (including phenoxy) is 1. The van der Waals surface area contributed by atoms with E-state index in [0.29, 0.717) is 22.9 Å². The van der Waals surface area contributed by atoms with Crippen molar-refractivity contribution in [1.29, 1.82) is 0 Å². The fourth-order valence-corrected chi connectivity index (χ4v) is 1.62. The monoisotopic (exact) mass is 260 g/mol. The molecular formula is C11H17ClN2O3. The maximum Gasteiger partial charge on any atom is 0.128 e. The Morgan fingerprint density at radius 3 is 2.88 bits per heavy atom. The Bertz CT molecular complexity index is 363. The van der Waals surface area contributed by atoms with Gasteiger partial charge in [0.15, 0.2) is 0 Å². The number of likely N-dealkylation sites (N-methyl/N-ethyl adjacent to an activating group) is 1. The van der Waals surface area contributed by atoms with Crippen LogP contribution in [0.2, 0.25) is 5.02 Å². The number of aromatic nitrogens is 1. The molecule has 0 spiro atoms. The molecule has 0 saturated carbocycles. The molecule has 1 aromatic heterocycles. The summed E-state index contributed by atoms with van der Waals surface area (Å²) in [7, 11) is 3.34.